The molecule has 3 aromatic carbocycles. The molecule has 3 rings (SSSR count). The summed E-state index contributed by atoms with van der Waals surface area (Å²) in [5.41, 5.74) is 3.07. The molecule has 0 spiro atoms. The Labute approximate surface area is 182 Å². The molecule has 1 amide bonds. The van der Waals surface area contributed by atoms with Crippen molar-refractivity contribution < 1.29 is 13.2 Å². The van der Waals surface area contributed by atoms with Crippen molar-refractivity contribution in [2.24, 2.45) is 0 Å². The van der Waals surface area contributed by atoms with E-state index in [0.29, 0.717) is 16.4 Å². The predicted octanol–water partition coefficient (Wildman–Crippen LogP) is 5.04. The van der Waals surface area contributed by atoms with Gasteiger partial charge < -0.3 is 5.32 Å². The molecule has 0 heterocycles. The Balaban J connectivity index is 1.90. The minimum atomic E-state index is -3.95. The number of hydrogen-bond acceptors (Lipinski definition) is 3. The molecule has 0 saturated heterocycles. The molecule has 0 bridgehead atoms. The molecule has 0 aromatic heterocycles. The van der Waals surface area contributed by atoms with Crippen LogP contribution in [0.5, 0.6) is 0 Å². The first kappa shape index (κ1) is 21.9. The smallest absolute Gasteiger partial charge is 0.264 e. The number of nitrogens with one attached hydrogen (secondary N) is 1. The highest BCUT2D eigenvalue weighted by atomic mass is 35.5. The molecule has 0 saturated carbocycles. The van der Waals surface area contributed by atoms with Gasteiger partial charge in [0.25, 0.3) is 10.0 Å². The number of carbonyl (C=O) groups is 1. The van der Waals surface area contributed by atoms with Crippen LogP contribution in [0.2, 0.25) is 5.02 Å². The van der Waals surface area contributed by atoms with Crippen molar-refractivity contribution in [1.82, 2.24) is 0 Å². The molecule has 0 atom stereocenters. The second kappa shape index (κ2) is 9.32. The Morgan fingerprint density at radius 2 is 1.53 bits per heavy atom. The van der Waals surface area contributed by atoms with E-state index in [2.05, 4.69) is 5.32 Å². The summed E-state index contributed by atoms with van der Waals surface area (Å²) >= 11 is 5.96. The highest BCUT2D eigenvalue weighted by Gasteiger charge is 2.27. The average molecular weight is 443 g/mol. The predicted molar refractivity (Wildman–Crippen MR) is 122 cm³/mol. The molecule has 7 heteroatoms. The number of rotatable bonds is 7. The van der Waals surface area contributed by atoms with E-state index in [1.54, 1.807) is 48.5 Å². The van der Waals surface area contributed by atoms with Gasteiger partial charge in [0.1, 0.15) is 6.54 Å². The highest BCUT2D eigenvalue weighted by molar-refractivity contribution is 7.92. The fourth-order valence-electron chi connectivity index (χ4n) is 2.91. The zero-order valence-corrected chi connectivity index (χ0v) is 18.4. The number of aryl methyl sites for hydroxylation is 2. The first-order valence-corrected chi connectivity index (χ1v) is 11.3. The number of halogens is 1. The summed E-state index contributed by atoms with van der Waals surface area (Å²) in [5, 5.41) is 3.25. The minimum absolute atomic E-state index is 0.114. The van der Waals surface area contributed by atoms with Gasteiger partial charge in [-0.2, -0.15) is 0 Å². The van der Waals surface area contributed by atoms with Crippen LogP contribution in [0.25, 0.3) is 0 Å². The SMILES string of the molecule is CCc1ccc(NC(=O)CN(c2ccc(Cl)cc2)S(=O)(=O)c2ccc(C)cc2)cc1. The number of anilines is 2. The molecule has 3 aromatic rings. The maximum absolute atomic E-state index is 13.3. The van der Waals surface area contributed by atoms with Crippen LogP contribution in [0.4, 0.5) is 11.4 Å². The molecule has 0 radical (unpaired) electrons. The zero-order valence-electron chi connectivity index (χ0n) is 16.8. The van der Waals surface area contributed by atoms with Gasteiger partial charge in [-0.3, -0.25) is 9.10 Å². The fraction of sp³-hybridized carbons (Fsp3) is 0.174. The first-order valence-electron chi connectivity index (χ1n) is 9.53. The van der Waals surface area contributed by atoms with Crippen molar-refractivity contribution >= 4 is 38.9 Å². The van der Waals surface area contributed by atoms with E-state index in [1.165, 1.54) is 12.1 Å². The Kier molecular flexibility index (Phi) is 6.80. The van der Waals surface area contributed by atoms with Crippen LogP contribution < -0.4 is 9.62 Å². The van der Waals surface area contributed by atoms with Gasteiger partial charge in [0, 0.05) is 10.7 Å². The lowest BCUT2D eigenvalue weighted by Gasteiger charge is -2.24. The van der Waals surface area contributed by atoms with Crippen molar-refractivity contribution in [1.29, 1.82) is 0 Å². The lowest BCUT2D eigenvalue weighted by atomic mass is 10.1. The van der Waals surface area contributed by atoms with Gasteiger partial charge in [0.05, 0.1) is 10.6 Å². The molecule has 1 N–H and O–H groups in total. The van der Waals surface area contributed by atoms with Crippen LogP contribution in [0, 0.1) is 6.92 Å². The summed E-state index contributed by atoms with van der Waals surface area (Å²) in [5.74, 6) is -0.440. The number of amides is 1. The Hall–Kier alpha value is -2.83. The van der Waals surface area contributed by atoms with E-state index in [9.17, 15) is 13.2 Å². The molecular weight excluding hydrogens is 420 g/mol. The highest BCUT2D eigenvalue weighted by Crippen LogP contribution is 2.25. The summed E-state index contributed by atoms with van der Waals surface area (Å²) in [4.78, 5) is 12.8. The summed E-state index contributed by atoms with van der Waals surface area (Å²) < 4.78 is 27.7. The number of benzene rings is 3. The van der Waals surface area contributed by atoms with Gasteiger partial charge >= 0.3 is 0 Å². The van der Waals surface area contributed by atoms with E-state index in [1.807, 2.05) is 26.0 Å². The quantitative estimate of drug-likeness (QED) is 0.557. The summed E-state index contributed by atoms with van der Waals surface area (Å²) in [6.07, 6.45) is 0.896. The standard InChI is InChI=1S/C23H23ClN2O3S/c1-3-18-6-10-20(11-7-18)25-23(27)16-26(21-12-8-19(24)9-13-21)30(28,29)22-14-4-17(2)5-15-22/h4-15H,3,16H2,1-2H3,(H,25,27). The van der Waals surface area contributed by atoms with Crippen LogP contribution in [-0.4, -0.2) is 20.9 Å². The van der Waals surface area contributed by atoms with Crippen LogP contribution in [0.3, 0.4) is 0 Å². The van der Waals surface area contributed by atoms with Gasteiger partial charge in [-0.1, -0.05) is 48.4 Å². The molecule has 0 fully saturated rings. The maximum Gasteiger partial charge on any atom is 0.264 e. The monoisotopic (exact) mass is 442 g/mol. The van der Waals surface area contributed by atoms with Crippen LogP contribution >= 0.6 is 11.6 Å². The van der Waals surface area contributed by atoms with E-state index >= 15 is 0 Å². The van der Waals surface area contributed by atoms with Crippen molar-refractivity contribution in [3.63, 3.8) is 0 Å². The minimum Gasteiger partial charge on any atom is -0.325 e. The number of sulfonamides is 1. The second-order valence-electron chi connectivity index (χ2n) is 6.90. The molecule has 156 valence electrons. The first-order chi connectivity index (χ1) is 14.3. The zero-order chi connectivity index (χ0) is 21.7. The van der Waals surface area contributed by atoms with Crippen molar-refractivity contribution in [2.45, 2.75) is 25.2 Å². The normalized spacial score (nSPS) is 11.2. The Morgan fingerprint density at radius 3 is 2.10 bits per heavy atom. The molecular formula is C23H23ClN2O3S. The number of carbonyl (C=O) groups excluding carboxylic acids is 1. The van der Waals surface area contributed by atoms with Gasteiger partial charge in [0.15, 0.2) is 0 Å². The van der Waals surface area contributed by atoms with Gasteiger partial charge in [0.2, 0.25) is 5.91 Å². The molecule has 0 aliphatic carbocycles. The lowest BCUT2D eigenvalue weighted by Crippen LogP contribution is -2.38. The maximum atomic E-state index is 13.3. The molecule has 0 aliphatic heterocycles. The van der Waals surface area contributed by atoms with Gasteiger partial charge in [-0.25, -0.2) is 8.42 Å². The largest absolute Gasteiger partial charge is 0.325 e. The third-order valence-electron chi connectivity index (χ3n) is 4.66. The molecule has 0 aliphatic rings. The third-order valence-corrected chi connectivity index (χ3v) is 6.70. The topological polar surface area (TPSA) is 66.5 Å². The van der Waals surface area contributed by atoms with E-state index in [0.717, 1.165) is 21.9 Å². The Bertz CT molecular complexity index is 1110. The van der Waals surface area contributed by atoms with E-state index < -0.39 is 15.9 Å². The van der Waals surface area contributed by atoms with Crippen LogP contribution in [0.1, 0.15) is 18.1 Å². The summed E-state index contributed by atoms with van der Waals surface area (Å²) in [6, 6.07) is 20.3. The van der Waals surface area contributed by atoms with Crippen molar-refractivity contribution in [3.05, 3.63) is 88.9 Å². The van der Waals surface area contributed by atoms with E-state index in [4.69, 9.17) is 11.6 Å². The lowest BCUT2D eigenvalue weighted by molar-refractivity contribution is -0.114. The fourth-order valence-corrected chi connectivity index (χ4v) is 4.46. The van der Waals surface area contributed by atoms with Crippen LogP contribution in [0.15, 0.2) is 77.7 Å². The van der Waals surface area contributed by atoms with Gasteiger partial charge in [-0.05, 0) is 67.4 Å². The summed E-state index contributed by atoms with van der Waals surface area (Å²) in [7, 11) is -3.95. The third kappa shape index (κ3) is 5.20. The average Bonchev–Trinajstić information content (AvgIpc) is 2.73. The summed E-state index contributed by atoms with van der Waals surface area (Å²) in [6.45, 7) is 3.56. The second-order valence-corrected chi connectivity index (χ2v) is 9.20. The van der Waals surface area contributed by atoms with E-state index in [-0.39, 0.29) is 11.4 Å². The molecule has 5 nitrogen and oxygen atoms in total. The van der Waals surface area contributed by atoms with Crippen molar-refractivity contribution in [3.8, 4) is 0 Å². The van der Waals surface area contributed by atoms with Crippen LogP contribution in [-0.2, 0) is 21.2 Å². The number of hydrogen-bond donors (Lipinski definition) is 1. The molecule has 30 heavy (non-hydrogen) atoms. The van der Waals surface area contributed by atoms with Gasteiger partial charge in [-0.15, -0.1) is 0 Å². The number of nitrogens with zero attached hydrogens (tertiary/aromatic N) is 1. The molecule has 0 unspecified atom stereocenters. The Morgan fingerprint density at radius 1 is 0.933 bits per heavy atom. The van der Waals surface area contributed by atoms with Crippen molar-refractivity contribution in [2.75, 3.05) is 16.2 Å².